The maximum Gasteiger partial charge on any atom is 0.262 e. The van der Waals surface area contributed by atoms with Gasteiger partial charge in [-0.05, 0) is 36.4 Å². The number of anilines is 2. The highest BCUT2D eigenvalue weighted by atomic mass is 35.5. The minimum absolute atomic E-state index is 0.0387. The fourth-order valence-corrected chi connectivity index (χ4v) is 3.68. The molecular weight excluding hydrogens is 414 g/mol. The Kier molecular flexibility index (Phi) is 6.88. The van der Waals surface area contributed by atoms with Crippen LogP contribution in [0.5, 0.6) is 0 Å². The summed E-state index contributed by atoms with van der Waals surface area (Å²) in [6, 6.07) is 9.14. The molecule has 3 amide bonds. The number of nitrogens with one attached hydrogen (secondary N) is 2. The van der Waals surface area contributed by atoms with Gasteiger partial charge in [0.2, 0.25) is 5.91 Å². The summed E-state index contributed by atoms with van der Waals surface area (Å²) in [4.78, 5) is 38.8. The van der Waals surface area contributed by atoms with Gasteiger partial charge in [-0.15, -0.1) is 23.7 Å². The molecule has 2 aromatic rings. The predicted octanol–water partition coefficient (Wildman–Crippen LogP) is 2.53. The normalized spacial score (nSPS) is 14.8. The fraction of sp³-hybridized carbons (Fsp3) is 0.250. The van der Waals surface area contributed by atoms with Crippen LogP contribution in [0.3, 0.4) is 0 Å². The van der Waals surface area contributed by atoms with Gasteiger partial charge in [0, 0.05) is 24.3 Å². The van der Waals surface area contributed by atoms with Gasteiger partial charge in [-0.25, -0.2) is 0 Å². The Balaban J connectivity index is 1.64. The number of hydrogen-bond acceptors (Lipinski definition) is 5. The Morgan fingerprint density at radius 1 is 1.28 bits per heavy atom. The fourth-order valence-electron chi connectivity index (χ4n) is 2.74. The van der Waals surface area contributed by atoms with Crippen LogP contribution in [0, 0.1) is 12.3 Å². The van der Waals surface area contributed by atoms with Gasteiger partial charge in [-0.2, -0.15) is 0 Å². The molecule has 1 atom stereocenters. The van der Waals surface area contributed by atoms with Gasteiger partial charge >= 0.3 is 0 Å². The lowest BCUT2D eigenvalue weighted by Gasteiger charge is -2.27. The van der Waals surface area contributed by atoms with Crippen molar-refractivity contribution in [1.82, 2.24) is 5.32 Å². The number of benzene rings is 1. The molecule has 3 rings (SSSR count). The number of carbonyl (C=O) groups excluding carboxylic acids is 3. The van der Waals surface area contributed by atoms with E-state index in [-0.39, 0.29) is 18.9 Å². The molecule has 2 heterocycles. The van der Waals surface area contributed by atoms with E-state index in [0.29, 0.717) is 28.1 Å². The molecule has 0 saturated carbocycles. The molecule has 1 aliphatic heterocycles. The summed E-state index contributed by atoms with van der Waals surface area (Å²) < 4.78 is 5.60. The van der Waals surface area contributed by atoms with Crippen molar-refractivity contribution in [3.05, 3.63) is 45.6 Å². The van der Waals surface area contributed by atoms with Crippen molar-refractivity contribution in [2.24, 2.45) is 0 Å². The number of ether oxygens (including phenoxy) is 1. The molecule has 7 nitrogen and oxygen atoms in total. The van der Waals surface area contributed by atoms with Crippen LogP contribution in [0.25, 0.3) is 0 Å². The van der Waals surface area contributed by atoms with E-state index in [1.165, 1.54) is 0 Å². The lowest BCUT2D eigenvalue weighted by Crippen LogP contribution is -2.43. The third-order valence-corrected chi connectivity index (χ3v) is 5.40. The minimum atomic E-state index is -0.895. The van der Waals surface area contributed by atoms with Crippen molar-refractivity contribution in [2.45, 2.75) is 12.5 Å². The number of amides is 3. The quantitative estimate of drug-likeness (QED) is 0.688. The first-order chi connectivity index (χ1) is 14.0. The van der Waals surface area contributed by atoms with E-state index in [1.54, 1.807) is 41.3 Å². The maximum absolute atomic E-state index is 12.6. The van der Waals surface area contributed by atoms with E-state index in [0.717, 1.165) is 17.0 Å². The molecule has 0 aliphatic carbocycles. The SMILES string of the molecule is C#CCC(NC(=O)c1ccc(Cl)s1)C(=O)Nc1ccc(N2CCOCC2=O)cc1. The van der Waals surface area contributed by atoms with E-state index >= 15 is 0 Å². The molecule has 1 saturated heterocycles. The van der Waals surface area contributed by atoms with Crippen LogP contribution in [0.2, 0.25) is 4.34 Å². The van der Waals surface area contributed by atoms with E-state index < -0.39 is 17.9 Å². The average Bonchev–Trinajstić information content (AvgIpc) is 3.15. The molecule has 0 spiro atoms. The number of terminal acetylenes is 1. The number of rotatable bonds is 6. The van der Waals surface area contributed by atoms with Crippen LogP contribution in [0.15, 0.2) is 36.4 Å². The number of carbonyl (C=O) groups is 3. The molecule has 150 valence electrons. The van der Waals surface area contributed by atoms with E-state index in [2.05, 4.69) is 16.6 Å². The van der Waals surface area contributed by atoms with Crippen LogP contribution >= 0.6 is 22.9 Å². The van der Waals surface area contributed by atoms with Crippen molar-refractivity contribution in [3.8, 4) is 12.3 Å². The summed E-state index contributed by atoms with van der Waals surface area (Å²) in [5, 5.41) is 5.36. The molecular formula is C20H18ClN3O4S. The summed E-state index contributed by atoms with van der Waals surface area (Å²) in [6.45, 7) is 1.02. The Morgan fingerprint density at radius 3 is 2.66 bits per heavy atom. The van der Waals surface area contributed by atoms with Crippen LogP contribution in [-0.4, -0.2) is 43.5 Å². The molecule has 1 fully saturated rings. The highest BCUT2D eigenvalue weighted by Crippen LogP contribution is 2.22. The summed E-state index contributed by atoms with van der Waals surface area (Å²) in [5.41, 5.74) is 1.24. The molecule has 2 N–H and O–H groups in total. The van der Waals surface area contributed by atoms with Crippen LogP contribution < -0.4 is 15.5 Å². The second kappa shape index (κ2) is 9.56. The zero-order chi connectivity index (χ0) is 20.8. The van der Waals surface area contributed by atoms with Crippen molar-refractivity contribution >= 4 is 52.0 Å². The average molecular weight is 432 g/mol. The van der Waals surface area contributed by atoms with Crippen LogP contribution in [-0.2, 0) is 14.3 Å². The highest BCUT2D eigenvalue weighted by molar-refractivity contribution is 7.18. The topological polar surface area (TPSA) is 87.7 Å². The lowest BCUT2D eigenvalue weighted by molar-refractivity contribution is -0.125. The molecule has 0 bridgehead atoms. The molecule has 0 radical (unpaired) electrons. The van der Waals surface area contributed by atoms with Crippen LogP contribution in [0.4, 0.5) is 11.4 Å². The van der Waals surface area contributed by atoms with Gasteiger partial charge in [-0.1, -0.05) is 11.6 Å². The monoisotopic (exact) mass is 431 g/mol. The third-order valence-electron chi connectivity index (χ3n) is 4.17. The van der Waals surface area contributed by atoms with Gasteiger partial charge in [0.15, 0.2) is 0 Å². The van der Waals surface area contributed by atoms with E-state index in [9.17, 15) is 14.4 Å². The Morgan fingerprint density at radius 2 is 2.03 bits per heavy atom. The van der Waals surface area contributed by atoms with E-state index in [1.807, 2.05) is 0 Å². The first-order valence-electron chi connectivity index (χ1n) is 8.76. The predicted molar refractivity (Wildman–Crippen MR) is 112 cm³/mol. The van der Waals surface area contributed by atoms with Crippen molar-refractivity contribution < 1.29 is 19.1 Å². The minimum Gasteiger partial charge on any atom is -0.370 e. The van der Waals surface area contributed by atoms with E-state index in [4.69, 9.17) is 22.8 Å². The van der Waals surface area contributed by atoms with Crippen molar-refractivity contribution in [2.75, 3.05) is 30.0 Å². The molecule has 1 unspecified atom stereocenters. The summed E-state index contributed by atoms with van der Waals surface area (Å²) in [6.07, 6.45) is 5.39. The van der Waals surface area contributed by atoms with Gasteiger partial charge in [-0.3, -0.25) is 14.4 Å². The third kappa shape index (κ3) is 5.35. The van der Waals surface area contributed by atoms with Gasteiger partial charge in [0.1, 0.15) is 12.6 Å². The number of morpholine rings is 1. The first kappa shape index (κ1) is 20.9. The smallest absolute Gasteiger partial charge is 0.262 e. The van der Waals surface area contributed by atoms with Gasteiger partial charge < -0.3 is 20.3 Å². The van der Waals surface area contributed by atoms with Gasteiger partial charge in [0.25, 0.3) is 11.8 Å². The molecule has 1 aromatic carbocycles. The number of thiophene rings is 1. The zero-order valence-electron chi connectivity index (χ0n) is 15.3. The number of nitrogens with zero attached hydrogens (tertiary/aromatic N) is 1. The second-order valence-corrected chi connectivity index (χ2v) is 7.89. The largest absolute Gasteiger partial charge is 0.370 e. The Hall–Kier alpha value is -2.86. The lowest BCUT2D eigenvalue weighted by atomic mass is 10.1. The molecule has 1 aliphatic rings. The van der Waals surface area contributed by atoms with Crippen molar-refractivity contribution in [1.29, 1.82) is 0 Å². The highest BCUT2D eigenvalue weighted by Gasteiger charge is 2.23. The molecule has 1 aromatic heterocycles. The van der Waals surface area contributed by atoms with Gasteiger partial charge in [0.05, 0.1) is 15.8 Å². The number of hydrogen-bond donors (Lipinski definition) is 2. The van der Waals surface area contributed by atoms with Crippen LogP contribution in [0.1, 0.15) is 16.1 Å². The second-order valence-electron chi connectivity index (χ2n) is 6.17. The summed E-state index contributed by atoms with van der Waals surface area (Å²) in [7, 11) is 0. The maximum atomic E-state index is 12.6. The summed E-state index contributed by atoms with van der Waals surface area (Å²) in [5.74, 6) is 1.43. The molecule has 29 heavy (non-hydrogen) atoms. The van der Waals surface area contributed by atoms with Crippen molar-refractivity contribution in [3.63, 3.8) is 0 Å². The first-order valence-corrected chi connectivity index (χ1v) is 9.96. The summed E-state index contributed by atoms with van der Waals surface area (Å²) >= 11 is 6.96. The standard InChI is InChI=1S/C20H18ClN3O4S/c1-2-3-15(23-20(27)16-8-9-17(21)29-16)19(26)22-13-4-6-14(7-5-13)24-10-11-28-12-18(24)25/h1,4-9,15H,3,10-12H2,(H,22,26)(H,23,27). The number of halogens is 1. The Labute approximate surface area is 177 Å². The Bertz CT molecular complexity index is 951. The zero-order valence-corrected chi connectivity index (χ0v) is 16.9. The molecule has 9 heteroatoms.